The number of aromatic nitrogens is 5. The Morgan fingerprint density at radius 1 is 1.00 bits per heavy atom. The molecule has 146 valence electrons. The van der Waals surface area contributed by atoms with Crippen molar-refractivity contribution >= 4 is 28.1 Å². The molecule has 4 aromatic rings. The van der Waals surface area contributed by atoms with Crippen LogP contribution in [0.5, 0.6) is 5.75 Å². The number of carbonyl (C=O) groups excluding carboxylic acids is 1. The minimum absolute atomic E-state index is 0.0114. The number of methoxy groups -OCH3 is 1. The molecule has 2 aromatic carbocycles. The summed E-state index contributed by atoms with van der Waals surface area (Å²) in [6, 6.07) is 15.2. The normalized spacial score (nSPS) is 14.5. The molecule has 0 N–H and O–H groups in total. The van der Waals surface area contributed by atoms with Crippen molar-refractivity contribution in [2.45, 2.75) is 0 Å². The lowest BCUT2D eigenvalue weighted by molar-refractivity contribution is 0.0746. The van der Waals surface area contributed by atoms with Crippen LogP contribution in [-0.2, 0) is 0 Å². The fourth-order valence-electron chi connectivity index (χ4n) is 3.72. The van der Waals surface area contributed by atoms with E-state index in [9.17, 15) is 4.79 Å². The van der Waals surface area contributed by atoms with E-state index in [2.05, 4.69) is 25.5 Å². The minimum Gasteiger partial charge on any atom is -0.497 e. The molecule has 5 rings (SSSR count). The summed E-state index contributed by atoms with van der Waals surface area (Å²) in [4.78, 5) is 16.9. The standard InChI is InChI=1S/C20H19N7O2/c1-29-15-6-4-5-14(13-15)20(28)26-11-9-25(10-12-26)19-17-8-3-2-7-16(17)18-21-23-24-27(18)22-19/h2-8,13H,9-12H2,1H3. The smallest absolute Gasteiger partial charge is 0.254 e. The quantitative estimate of drug-likeness (QED) is 0.526. The Morgan fingerprint density at radius 3 is 2.59 bits per heavy atom. The predicted octanol–water partition coefficient (Wildman–Crippen LogP) is 1.64. The van der Waals surface area contributed by atoms with Gasteiger partial charge in [0, 0.05) is 42.5 Å². The highest BCUT2D eigenvalue weighted by Crippen LogP contribution is 2.27. The highest BCUT2D eigenvalue weighted by atomic mass is 16.5. The van der Waals surface area contributed by atoms with Crippen molar-refractivity contribution in [1.82, 2.24) is 30.2 Å². The second-order valence-electron chi connectivity index (χ2n) is 6.87. The van der Waals surface area contributed by atoms with Gasteiger partial charge in [-0.1, -0.05) is 30.3 Å². The van der Waals surface area contributed by atoms with Crippen LogP contribution in [0, 0.1) is 0 Å². The Labute approximate surface area is 166 Å². The molecule has 3 heterocycles. The summed E-state index contributed by atoms with van der Waals surface area (Å²) in [6.45, 7) is 2.58. The molecule has 0 saturated carbocycles. The van der Waals surface area contributed by atoms with Gasteiger partial charge in [0.15, 0.2) is 5.82 Å². The average molecular weight is 389 g/mol. The van der Waals surface area contributed by atoms with Crippen molar-refractivity contribution in [1.29, 1.82) is 0 Å². The number of nitrogens with zero attached hydrogens (tertiary/aromatic N) is 7. The van der Waals surface area contributed by atoms with Crippen LogP contribution in [0.1, 0.15) is 10.4 Å². The van der Waals surface area contributed by atoms with Crippen molar-refractivity contribution in [3.8, 4) is 5.75 Å². The summed E-state index contributed by atoms with van der Waals surface area (Å²) < 4.78 is 6.69. The van der Waals surface area contributed by atoms with E-state index in [1.165, 1.54) is 4.63 Å². The van der Waals surface area contributed by atoms with Gasteiger partial charge in [-0.3, -0.25) is 4.79 Å². The molecule has 2 aromatic heterocycles. The van der Waals surface area contributed by atoms with Crippen LogP contribution < -0.4 is 9.64 Å². The maximum absolute atomic E-state index is 12.9. The second kappa shape index (κ2) is 7.01. The Kier molecular flexibility index (Phi) is 4.19. The lowest BCUT2D eigenvalue weighted by Gasteiger charge is -2.35. The summed E-state index contributed by atoms with van der Waals surface area (Å²) >= 11 is 0. The monoisotopic (exact) mass is 389 g/mol. The number of carbonyl (C=O) groups is 1. The molecule has 0 bridgehead atoms. The van der Waals surface area contributed by atoms with Gasteiger partial charge >= 0.3 is 0 Å². The summed E-state index contributed by atoms with van der Waals surface area (Å²) in [5.74, 6) is 1.52. The van der Waals surface area contributed by atoms with Crippen molar-refractivity contribution in [2.24, 2.45) is 0 Å². The third-order valence-corrected chi connectivity index (χ3v) is 5.24. The predicted molar refractivity (Wildman–Crippen MR) is 107 cm³/mol. The van der Waals surface area contributed by atoms with Gasteiger partial charge in [-0.25, -0.2) is 0 Å². The summed E-state index contributed by atoms with van der Waals surface area (Å²) in [6.07, 6.45) is 0. The van der Waals surface area contributed by atoms with Crippen LogP contribution in [0.3, 0.4) is 0 Å². The summed E-state index contributed by atoms with van der Waals surface area (Å²) in [5.41, 5.74) is 1.27. The number of piperazine rings is 1. The number of hydrogen-bond donors (Lipinski definition) is 0. The molecule has 0 radical (unpaired) electrons. The Morgan fingerprint density at radius 2 is 1.79 bits per heavy atom. The van der Waals surface area contributed by atoms with E-state index in [1.807, 2.05) is 47.4 Å². The van der Waals surface area contributed by atoms with Gasteiger partial charge in [-0.05, 0) is 28.6 Å². The zero-order valence-electron chi connectivity index (χ0n) is 15.9. The van der Waals surface area contributed by atoms with Crippen molar-refractivity contribution in [3.05, 3.63) is 54.1 Å². The molecule has 29 heavy (non-hydrogen) atoms. The Hall–Kier alpha value is -3.75. The van der Waals surface area contributed by atoms with Crippen molar-refractivity contribution in [2.75, 3.05) is 38.2 Å². The first-order valence-electron chi connectivity index (χ1n) is 9.40. The van der Waals surface area contributed by atoms with Crippen LogP contribution in [0.25, 0.3) is 16.4 Å². The van der Waals surface area contributed by atoms with Gasteiger partial charge in [-0.2, -0.15) is 0 Å². The van der Waals surface area contributed by atoms with Crippen LogP contribution in [-0.4, -0.2) is 69.4 Å². The highest BCUT2D eigenvalue weighted by Gasteiger charge is 2.25. The van der Waals surface area contributed by atoms with Crippen LogP contribution in [0.15, 0.2) is 48.5 Å². The van der Waals surface area contributed by atoms with Gasteiger partial charge in [-0.15, -0.1) is 14.8 Å². The Balaban J connectivity index is 1.40. The molecule has 0 spiro atoms. The molecule has 9 heteroatoms. The van der Waals surface area contributed by atoms with E-state index in [-0.39, 0.29) is 5.91 Å². The molecule has 0 atom stereocenters. The molecule has 1 saturated heterocycles. The second-order valence-corrected chi connectivity index (χ2v) is 6.87. The first kappa shape index (κ1) is 17.4. The molecular weight excluding hydrogens is 370 g/mol. The highest BCUT2D eigenvalue weighted by molar-refractivity contribution is 6.00. The van der Waals surface area contributed by atoms with Crippen LogP contribution in [0.4, 0.5) is 5.82 Å². The van der Waals surface area contributed by atoms with Gasteiger partial charge in [0.25, 0.3) is 5.91 Å². The number of fused-ring (bicyclic) bond motifs is 3. The fraction of sp³-hybridized carbons (Fsp3) is 0.250. The molecule has 0 unspecified atom stereocenters. The average Bonchev–Trinajstić information content (AvgIpc) is 3.27. The van der Waals surface area contributed by atoms with E-state index in [0.717, 1.165) is 16.6 Å². The topological polar surface area (TPSA) is 88.8 Å². The SMILES string of the molecule is COc1cccc(C(=O)N2CCN(c3nn4nnnc4c4ccccc34)CC2)c1. The molecule has 1 aliphatic heterocycles. The van der Waals surface area contributed by atoms with E-state index in [4.69, 9.17) is 4.74 Å². The molecule has 9 nitrogen and oxygen atoms in total. The molecule has 0 aliphatic carbocycles. The van der Waals surface area contributed by atoms with E-state index in [0.29, 0.717) is 43.1 Å². The molecular formula is C20H19N7O2. The van der Waals surface area contributed by atoms with Gasteiger partial charge < -0.3 is 14.5 Å². The number of hydrogen-bond acceptors (Lipinski definition) is 7. The number of tetrazole rings is 1. The number of benzene rings is 2. The summed E-state index contributed by atoms with van der Waals surface area (Å²) in [7, 11) is 1.60. The molecule has 1 fully saturated rings. The zero-order chi connectivity index (χ0) is 19.8. The van der Waals surface area contributed by atoms with E-state index >= 15 is 0 Å². The lowest BCUT2D eigenvalue weighted by atomic mass is 10.1. The van der Waals surface area contributed by atoms with Gasteiger partial charge in [0.05, 0.1) is 7.11 Å². The van der Waals surface area contributed by atoms with E-state index < -0.39 is 0 Å². The number of rotatable bonds is 3. The molecule has 1 aliphatic rings. The molecule has 1 amide bonds. The largest absolute Gasteiger partial charge is 0.497 e. The van der Waals surface area contributed by atoms with Crippen LogP contribution in [0.2, 0.25) is 0 Å². The number of amides is 1. The van der Waals surface area contributed by atoms with Gasteiger partial charge in [0.1, 0.15) is 5.75 Å². The lowest BCUT2D eigenvalue weighted by Crippen LogP contribution is -2.49. The first-order chi connectivity index (χ1) is 14.2. The van der Waals surface area contributed by atoms with Crippen LogP contribution >= 0.6 is 0 Å². The number of ether oxygens (including phenoxy) is 1. The van der Waals surface area contributed by atoms with Crippen molar-refractivity contribution < 1.29 is 9.53 Å². The summed E-state index contributed by atoms with van der Waals surface area (Å²) in [5, 5.41) is 18.4. The van der Waals surface area contributed by atoms with E-state index in [1.54, 1.807) is 13.2 Å². The van der Waals surface area contributed by atoms with Gasteiger partial charge in [0.2, 0.25) is 5.65 Å². The minimum atomic E-state index is 0.0114. The maximum atomic E-state index is 12.9. The fourth-order valence-corrected chi connectivity index (χ4v) is 3.72. The third-order valence-electron chi connectivity index (χ3n) is 5.24. The first-order valence-corrected chi connectivity index (χ1v) is 9.40. The number of anilines is 1. The Bertz CT molecular complexity index is 1200. The third kappa shape index (κ3) is 3.00. The van der Waals surface area contributed by atoms with Crippen molar-refractivity contribution in [3.63, 3.8) is 0 Å². The maximum Gasteiger partial charge on any atom is 0.254 e. The zero-order valence-corrected chi connectivity index (χ0v) is 15.9.